The molecule has 3 saturated heterocycles. The molecule has 0 saturated carbocycles. The number of hydrogen-bond donors (Lipinski definition) is 4. The van der Waals surface area contributed by atoms with Crippen LogP contribution in [0.1, 0.15) is 6.23 Å². The first-order valence-electron chi connectivity index (χ1n) is 13.0. The number of halogens is 2. The molecule has 5 aliphatic heterocycles. The quantitative estimate of drug-likeness (QED) is 0.296. The minimum Gasteiger partial charge on any atom is -0.383 e. The molecule has 242 valence electrons. The highest BCUT2D eigenvalue weighted by molar-refractivity contribution is 8.07. The average Bonchev–Trinajstić information content (AvgIpc) is 3.72. The van der Waals surface area contributed by atoms with Crippen molar-refractivity contribution in [1.29, 1.82) is 0 Å². The second kappa shape index (κ2) is 11.3. The number of alkyl halides is 2. The van der Waals surface area contributed by atoms with E-state index < -0.39 is 93.8 Å². The van der Waals surface area contributed by atoms with Crippen LogP contribution in [0.2, 0.25) is 0 Å². The van der Waals surface area contributed by atoms with Gasteiger partial charge >= 0.3 is 13.4 Å². The van der Waals surface area contributed by atoms with Crippen LogP contribution in [-0.2, 0) is 56.0 Å². The number of nitrogen functional groups attached to an aromatic ring is 1. The number of carbonyl (C=O) groups excluding carboxylic acids is 1. The Labute approximate surface area is 260 Å². The minimum atomic E-state index is -4.36. The molecular weight excluding hydrogens is 688 g/mol. The summed E-state index contributed by atoms with van der Waals surface area (Å²) in [5, 5.41) is 8.99. The number of nitrogens with two attached hydrogens (primary N) is 2. The van der Waals surface area contributed by atoms with Crippen LogP contribution in [0.4, 0.5) is 14.6 Å². The summed E-state index contributed by atoms with van der Waals surface area (Å²) in [5.74, 6) is -1.16. The lowest BCUT2D eigenvalue weighted by Gasteiger charge is -2.30. The van der Waals surface area contributed by atoms with Crippen LogP contribution >= 0.6 is 13.4 Å². The third-order valence-corrected chi connectivity index (χ3v) is 10.5. The zero-order chi connectivity index (χ0) is 31.8. The Morgan fingerprint density at radius 1 is 0.956 bits per heavy atom. The zero-order valence-electron chi connectivity index (χ0n) is 22.3. The number of carbonyl (C=O) groups is 1. The van der Waals surface area contributed by atoms with Gasteiger partial charge in [0.05, 0.1) is 18.6 Å². The Morgan fingerprint density at radius 2 is 1.64 bits per heavy atom. The monoisotopic (exact) mass is 710 g/mol. The normalized spacial score (nSPS) is 42.0. The van der Waals surface area contributed by atoms with Gasteiger partial charge < -0.3 is 44.3 Å². The second-order valence-electron chi connectivity index (χ2n) is 10.1. The standard InChI is InChI=1S/C20H22F2N10O9P2S2/c21-9-7-3-36-42(34,44)40-12-8(39-18(10(12)22)31-2-1-6-14(23)25-5-26-15(6)31)4-37-43(35,45)41-13(9)19(38-7)32-16-11(29-30-32)17(33)28-20(24)27-16/h1-2,5,7-13,18-19H,3-4H2,(H,34,44)(H,35,45)(H2,23,25,26)(H2,24,28,33)/t7-,8-,9+,10+,11?,12-,13-,18-,19-,42?,43?/m1/s1. The molecule has 11 atom stereocenters. The van der Waals surface area contributed by atoms with Crippen LogP contribution in [0, 0.1) is 0 Å². The fraction of sp³-hybridized carbons (Fsp3) is 0.550. The molecule has 0 aromatic carbocycles. The van der Waals surface area contributed by atoms with Crippen molar-refractivity contribution >= 4 is 71.6 Å². The van der Waals surface area contributed by atoms with Gasteiger partial charge in [0.25, 0.3) is 5.91 Å². The van der Waals surface area contributed by atoms with Gasteiger partial charge in [-0.3, -0.25) is 13.8 Å². The molecule has 0 radical (unpaired) electrons. The molecule has 19 nitrogen and oxygen atoms in total. The molecule has 2 aromatic rings. The predicted octanol–water partition coefficient (Wildman–Crippen LogP) is -0.132. The molecule has 3 unspecified atom stereocenters. The lowest BCUT2D eigenvalue weighted by Crippen LogP contribution is -2.48. The maximum absolute atomic E-state index is 16.0. The third-order valence-electron chi connectivity index (χ3n) is 7.33. The van der Waals surface area contributed by atoms with Crippen molar-refractivity contribution in [3.63, 3.8) is 0 Å². The maximum atomic E-state index is 16.0. The summed E-state index contributed by atoms with van der Waals surface area (Å²) < 4.78 is 66.8. The van der Waals surface area contributed by atoms with E-state index in [2.05, 4.69) is 30.3 Å². The van der Waals surface area contributed by atoms with Crippen LogP contribution in [0.15, 0.2) is 38.9 Å². The number of nitrogens with zero attached hydrogens (tertiary/aromatic N) is 8. The van der Waals surface area contributed by atoms with Crippen LogP contribution < -0.4 is 11.5 Å². The minimum absolute atomic E-state index is 0.143. The number of hydrogen-bond acceptors (Lipinski definition) is 17. The third kappa shape index (κ3) is 5.59. The highest BCUT2D eigenvalue weighted by atomic mass is 32.5. The van der Waals surface area contributed by atoms with Crippen LogP contribution in [-0.4, -0.2) is 109 Å². The van der Waals surface area contributed by atoms with E-state index in [0.29, 0.717) is 5.39 Å². The lowest BCUT2D eigenvalue weighted by atomic mass is 10.1. The van der Waals surface area contributed by atoms with Gasteiger partial charge in [-0.25, -0.2) is 18.7 Å². The van der Waals surface area contributed by atoms with E-state index in [1.54, 1.807) is 6.07 Å². The average molecular weight is 711 g/mol. The van der Waals surface area contributed by atoms with Crippen molar-refractivity contribution in [3.05, 3.63) is 18.6 Å². The molecule has 0 spiro atoms. The summed E-state index contributed by atoms with van der Waals surface area (Å²) in [6, 6.07) is 0.287. The van der Waals surface area contributed by atoms with Gasteiger partial charge in [0.1, 0.15) is 42.2 Å². The fourth-order valence-corrected chi connectivity index (χ4v) is 8.16. The molecular formula is C20H22F2N10O9P2S2. The first-order chi connectivity index (χ1) is 21.3. The predicted molar refractivity (Wildman–Crippen MR) is 154 cm³/mol. The van der Waals surface area contributed by atoms with E-state index >= 15 is 8.78 Å². The van der Waals surface area contributed by atoms with E-state index in [0.717, 1.165) is 5.01 Å². The Hall–Kier alpha value is -2.53. The van der Waals surface area contributed by atoms with Crippen LogP contribution in [0.3, 0.4) is 0 Å². The molecule has 0 aliphatic carbocycles. The Balaban J connectivity index is 1.17. The Kier molecular flexibility index (Phi) is 7.82. The first-order valence-corrected chi connectivity index (χ1v) is 18.1. The summed E-state index contributed by atoms with van der Waals surface area (Å²) >= 11 is 10.3. The summed E-state index contributed by atoms with van der Waals surface area (Å²) in [7, 11) is 0. The number of aromatic nitrogens is 3. The van der Waals surface area contributed by atoms with E-state index in [4.69, 9.17) is 62.6 Å². The van der Waals surface area contributed by atoms with Crippen molar-refractivity contribution in [1.82, 2.24) is 19.5 Å². The van der Waals surface area contributed by atoms with E-state index in [1.807, 2.05) is 0 Å². The lowest BCUT2D eigenvalue weighted by molar-refractivity contribution is -0.117. The summed E-state index contributed by atoms with van der Waals surface area (Å²) in [6.07, 6.45) is -10.6. The van der Waals surface area contributed by atoms with Gasteiger partial charge in [0, 0.05) is 6.20 Å². The molecule has 45 heavy (non-hydrogen) atoms. The highest BCUT2D eigenvalue weighted by Crippen LogP contribution is 2.54. The Morgan fingerprint density at radius 3 is 2.40 bits per heavy atom. The smallest absolute Gasteiger partial charge is 0.325 e. The summed E-state index contributed by atoms with van der Waals surface area (Å²) in [6.45, 7) is -10.1. The number of aliphatic imine (C=N–C) groups is 2. The molecule has 1 amide bonds. The molecule has 6 N–H and O–H groups in total. The van der Waals surface area contributed by atoms with E-state index in [1.165, 1.54) is 17.1 Å². The molecule has 3 fully saturated rings. The van der Waals surface area contributed by atoms with Gasteiger partial charge in [0.15, 0.2) is 30.6 Å². The van der Waals surface area contributed by atoms with Gasteiger partial charge in [-0.2, -0.15) is 15.0 Å². The van der Waals surface area contributed by atoms with Gasteiger partial charge in [-0.15, -0.1) is 5.11 Å². The SMILES string of the molecule is NC1=NC(=O)C2N=NN([C@@H]3O[C@@H]4COP(O)(=S)O[C@H]5[C@H](F)[C@H](n6ccc7c(N)ncnc76)O[C@@H]5COP(O)(=S)O[C@@H]3[C@H]4F)C2=N1. The topological polar surface area (TPSA) is 248 Å². The van der Waals surface area contributed by atoms with Crippen molar-refractivity contribution in [3.8, 4) is 0 Å². The van der Waals surface area contributed by atoms with Crippen molar-refractivity contribution in [2.24, 2.45) is 26.1 Å². The van der Waals surface area contributed by atoms with Gasteiger partial charge in [-0.05, 0) is 29.7 Å². The summed E-state index contributed by atoms with van der Waals surface area (Å²) in [4.78, 5) is 49.7. The number of fused-ring (bicyclic) bond motifs is 5. The maximum Gasteiger partial charge on any atom is 0.325 e. The largest absolute Gasteiger partial charge is 0.383 e. The number of amides is 1. The number of amidine groups is 1. The fourth-order valence-electron chi connectivity index (χ4n) is 5.32. The van der Waals surface area contributed by atoms with Crippen molar-refractivity contribution < 1.29 is 50.9 Å². The molecule has 2 aromatic heterocycles. The highest BCUT2D eigenvalue weighted by Gasteiger charge is 2.56. The molecule has 25 heteroatoms. The first kappa shape index (κ1) is 31.1. The Bertz CT molecular complexity index is 1750. The number of rotatable bonds is 2. The van der Waals surface area contributed by atoms with Crippen molar-refractivity contribution in [2.45, 2.75) is 55.3 Å². The van der Waals surface area contributed by atoms with Crippen molar-refractivity contribution in [2.75, 3.05) is 18.9 Å². The van der Waals surface area contributed by atoms with E-state index in [-0.39, 0.29) is 17.3 Å². The van der Waals surface area contributed by atoms with Crippen LogP contribution in [0.25, 0.3) is 11.0 Å². The molecule has 7 rings (SSSR count). The number of ether oxygens (including phenoxy) is 2. The van der Waals surface area contributed by atoms with E-state index in [9.17, 15) is 14.6 Å². The zero-order valence-corrected chi connectivity index (χ0v) is 25.7. The van der Waals surface area contributed by atoms with Gasteiger partial charge in [0.2, 0.25) is 12.0 Å². The molecule has 5 aliphatic rings. The van der Waals surface area contributed by atoms with Crippen LogP contribution in [0.5, 0.6) is 0 Å². The number of anilines is 1. The van der Waals surface area contributed by atoms with Gasteiger partial charge in [-0.1, -0.05) is 5.22 Å². The second-order valence-corrected chi connectivity index (χ2v) is 15.7. The number of guanidine groups is 1. The molecule has 7 heterocycles. The molecule has 2 bridgehead atoms. The summed E-state index contributed by atoms with van der Waals surface area (Å²) in [5.41, 5.74) is 11.8.